The van der Waals surface area contributed by atoms with Crippen LogP contribution in [-0.2, 0) is 9.31 Å². The fraction of sp³-hybridized carbons (Fsp3) is 0.917. The van der Waals surface area contributed by atoms with Crippen molar-refractivity contribution in [3.05, 3.63) is 12.2 Å². The number of hydrogen-bond donors (Lipinski definition) is 0. The van der Waals surface area contributed by atoms with Gasteiger partial charge in [0.2, 0.25) is 0 Å². The maximum Gasteiger partial charge on any atom is 0.461 e. The van der Waals surface area contributed by atoms with E-state index in [2.05, 4.69) is 60.6 Å². The summed E-state index contributed by atoms with van der Waals surface area (Å²) in [4.78, 5) is 0. The molecule has 6 aliphatic rings. The standard InChI is InChI=1S/C24H41BO2/c1-8-9-10-25(26-21-13-17-11-19(15(21)2)23(17,4)5)27-22-14-18-12-20(16(22)3)24(18,6)7/h8-9,15-22H,10-14H2,1-7H3/b9-8-/t15-,16-,17-,18+,19+,20-,21+,22-/m1/s1. The van der Waals surface area contributed by atoms with E-state index in [-0.39, 0.29) is 7.12 Å². The first-order chi connectivity index (χ1) is 12.7. The van der Waals surface area contributed by atoms with E-state index in [0.717, 1.165) is 30.0 Å². The van der Waals surface area contributed by atoms with E-state index in [1.54, 1.807) is 0 Å². The molecule has 6 saturated carbocycles. The zero-order valence-corrected chi connectivity index (χ0v) is 18.7. The lowest BCUT2D eigenvalue weighted by atomic mass is 9.45. The van der Waals surface area contributed by atoms with E-state index in [1.807, 2.05) is 0 Å². The van der Waals surface area contributed by atoms with Gasteiger partial charge in [-0.3, -0.25) is 0 Å². The van der Waals surface area contributed by atoms with Gasteiger partial charge in [-0.15, -0.1) is 0 Å². The van der Waals surface area contributed by atoms with Crippen molar-refractivity contribution in [1.29, 1.82) is 0 Å². The zero-order chi connectivity index (χ0) is 19.6. The Morgan fingerprint density at radius 2 is 1.26 bits per heavy atom. The summed E-state index contributed by atoms with van der Waals surface area (Å²) in [5.41, 5.74) is 1.04. The van der Waals surface area contributed by atoms with E-state index in [0.29, 0.717) is 34.9 Å². The maximum atomic E-state index is 6.68. The largest absolute Gasteiger partial charge is 0.461 e. The SMILES string of the molecule is C/C=C\CB(O[C@H]1C[C@H]2C[C@@H]([C@H]1C)C2(C)C)O[C@@H]1C[C@@H]2C[C@H]([C@H]1C)C2(C)C. The van der Waals surface area contributed by atoms with Crippen molar-refractivity contribution in [1.82, 2.24) is 0 Å². The Labute approximate surface area is 168 Å². The Balaban J connectivity index is 1.39. The van der Waals surface area contributed by atoms with Crippen molar-refractivity contribution in [3.63, 3.8) is 0 Å². The van der Waals surface area contributed by atoms with Crippen LogP contribution in [0.2, 0.25) is 6.32 Å². The van der Waals surface area contributed by atoms with E-state index in [1.165, 1.54) is 25.7 Å². The van der Waals surface area contributed by atoms with Crippen molar-refractivity contribution in [2.24, 2.45) is 46.3 Å². The molecule has 6 aliphatic carbocycles. The number of fused-ring (bicyclic) bond motifs is 4. The minimum Gasteiger partial charge on any atom is -0.408 e. The molecule has 0 aromatic rings. The fourth-order valence-electron chi connectivity index (χ4n) is 7.34. The molecule has 0 amide bonds. The molecule has 152 valence electrons. The van der Waals surface area contributed by atoms with Crippen molar-refractivity contribution >= 4 is 7.12 Å². The highest BCUT2D eigenvalue weighted by Crippen LogP contribution is 2.63. The summed E-state index contributed by atoms with van der Waals surface area (Å²) in [6.45, 7) is 16.8. The molecule has 0 aliphatic heterocycles. The second kappa shape index (κ2) is 6.90. The third-order valence-electron chi connectivity index (χ3n) is 9.79. The van der Waals surface area contributed by atoms with Gasteiger partial charge in [0, 0.05) is 18.5 Å². The average Bonchev–Trinajstić information content (AvgIpc) is 2.61. The highest BCUT2D eigenvalue weighted by molar-refractivity contribution is 6.45. The Kier molecular flexibility index (Phi) is 5.12. The molecule has 6 fully saturated rings. The molecule has 0 N–H and O–H groups in total. The first-order valence-corrected chi connectivity index (χ1v) is 11.6. The first kappa shape index (κ1) is 20.0. The topological polar surface area (TPSA) is 18.5 Å². The maximum absolute atomic E-state index is 6.68. The second-order valence-corrected chi connectivity index (χ2v) is 11.5. The van der Waals surface area contributed by atoms with Gasteiger partial charge in [-0.1, -0.05) is 53.7 Å². The summed E-state index contributed by atoms with van der Waals surface area (Å²) in [6, 6.07) is 0. The normalized spacial score (nSPS) is 46.6. The number of rotatable bonds is 6. The van der Waals surface area contributed by atoms with E-state index < -0.39 is 0 Å². The quantitative estimate of drug-likeness (QED) is 0.407. The lowest BCUT2D eigenvalue weighted by molar-refractivity contribution is -0.166. The Hall–Kier alpha value is -0.275. The monoisotopic (exact) mass is 372 g/mol. The first-order valence-electron chi connectivity index (χ1n) is 11.6. The van der Waals surface area contributed by atoms with E-state index >= 15 is 0 Å². The van der Waals surface area contributed by atoms with Crippen LogP contribution in [0.25, 0.3) is 0 Å². The van der Waals surface area contributed by atoms with Gasteiger partial charge in [-0.25, -0.2) is 0 Å². The molecule has 4 bridgehead atoms. The van der Waals surface area contributed by atoms with Crippen LogP contribution >= 0.6 is 0 Å². The van der Waals surface area contributed by atoms with Gasteiger partial charge in [-0.05, 0) is 78.9 Å². The minimum atomic E-state index is -0.0673. The van der Waals surface area contributed by atoms with Crippen molar-refractivity contribution in [3.8, 4) is 0 Å². The molecular formula is C24H41BO2. The van der Waals surface area contributed by atoms with Gasteiger partial charge in [0.25, 0.3) is 0 Å². The predicted octanol–water partition coefficient (Wildman–Crippen LogP) is 6.23. The van der Waals surface area contributed by atoms with Crippen LogP contribution in [0.5, 0.6) is 0 Å². The molecular weight excluding hydrogens is 331 g/mol. The number of allylic oxidation sites excluding steroid dienone is 2. The second-order valence-electron chi connectivity index (χ2n) is 11.5. The van der Waals surface area contributed by atoms with Crippen LogP contribution in [-0.4, -0.2) is 19.3 Å². The Morgan fingerprint density at radius 3 is 1.59 bits per heavy atom. The summed E-state index contributed by atoms with van der Waals surface area (Å²) >= 11 is 0. The van der Waals surface area contributed by atoms with Crippen LogP contribution in [0.15, 0.2) is 12.2 Å². The molecule has 0 aromatic carbocycles. The summed E-state index contributed by atoms with van der Waals surface area (Å²) in [7, 11) is -0.0673. The van der Waals surface area contributed by atoms with Gasteiger partial charge in [0.1, 0.15) is 0 Å². The molecule has 6 rings (SSSR count). The molecule has 8 atom stereocenters. The lowest BCUT2D eigenvalue weighted by Gasteiger charge is -2.63. The highest BCUT2D eigenvalue weighted by Gasteiger charge is 2.58. The van der Waals surface area contributed by atoms with E-state index in [9.17, 15) is 0 Å². The molecule has 0 radical (unpaired) electrons. The molecule has 3 heteroatoms. The third-order valence-corrected chi connectivity index (χ3v) is 9.79. The van der Waals surface area contributed by atoms with Crippen molar-refractivity contribution in [2.75, 3.05) is 0 Å². The predicted molar refractivity (Wildman–Crippen MR) is 113 cm³/mol. The molecule has 0 unspecified atom stereocenters. The minimum absolute atomic E-state index is 0.0673. The average molecular weight is 372 g/mol. The molecule has 0 saturated heterocycles. The van der Waals surface area contributed by atoms with Crippen molar-refractivity contribution < 1.29 is 9.31 Å². The van der Waals surface area contributed by atoms with Gasteiger partial charge < -0.3 is 9.31 Å². The fourth-order valence-corrected chi connectivity index (χ4v) is 7.34. The summed E-state index contributed by atoms with van der Waals surface area (Å²) in [5.74, 6) is 4.63. The summed E-state index contributed by atoms with van der Waals surface area (Å²) < 4.78 is 13.4. The van der Waals surface area contributed by atoms with Crippen LogP contribution in [0.3, 0.4) is 0 Å². The Bertz CT molecular complexity index is 539. The van der Waals surface area contributed by atoms with Gasteiger partial charge in [0.05, 0.1) is 0 Å². The van der Waals surface area contributed by atoms with Gasteiger partial charge in [-0.2, -0.15) is 0 Å². The van der Waals surface area contributed by atoms with Crippen LogP contribution < -0.4 is 0 Å². The van der Waals surface area contributed by atoms with Crippen LogP contribution in [0.4, 0.5) is 0 Å². The summed E-state index contributed by atoms with van der Waals surface area (Å²) in [5, 5.41) is 0. The third kappa shape index (κ3) is 3.16. The molecule has 27 heavy (non-hydrogen) atoms. The zero-order valence-electron chi connectivity index (χ0n) is 18.7. The highest BCUT2D eigenvalue weighted by atomic mass is 16.6. The van der Waals surface area contributed by atoms with E-state index in [4.69, 9.17) is 9.31 Å². The van der Waals surface area contributed by atoms with Crippen LogP contribution in [0.1, 0.15) is 74.1 Å². The smallest absolute Gasteiger partial charge is 0.408 e. The van der Waals surface area contributed by atoms with Crippen molar-refractivity contribution in [2.45, 2.75) is 92.7 Å². The summed E-state index contributed by atoms with van der Waals surface area (Å²) in [6.07, 6.45) is 11.3. The number of hydrogen-bond acceptors (Lipinski definition) is 2. The van der Waals surface area contributed by atoms with Gasteiger partial charge >= 0.3 is 7.12 Å². The van der Waals surface area contributed by atoms with Gasteiger partial charge in [0.15, 0.2) is 0 Å². The van der Waals surface area contributed by atoms with Crippen LogP contribution in [0, 0.1) is 46.3 Å². The molecule has 0 heterocycles. The molecule has 0 aromatic heterocycles. The molecule has 2 nitrogen and oxygen atoms in total. The Morgan fingerprint density at radius 1 is 0.815 bits per heavy atom. The molecule has 0 spiro atoms. The lowest BCUT2D eigenvalue weighted by Crippen LogP contribution is -2.59.